The standard InChI is InChI=1S/C17H15F2N3O4/c18-11-3-8-14(15(19)10-11)17(24)20-9-1-2-16(23)21-12-4-6-13(7-5-12)22(25)26/h3-8,10H,1-2,9H2,(H,20,24)(H,21,23). The van der Waals surface area contributed by atoms with Crippen LogP contribution in [-0.2, 0) is 4.79 Å². The maximum atomic E-state index is 13.5. The van der Waals surface area contributed by atoms with Crippen LogP contribution >= 0.6 is 0 Å². The third kappa shape index (κ3) is 5.33. The number of halogens is 2. The first-order chi connectivity index (χ1) is 12.4. The molecule has 0 aliphatic heterocycles. The van der Waals surface area contributed by atoms with E-state index in [4.69, 9.17) is 0 Å². The van der Waals surface area contributed by atoms with Gasteiger partial charge in [-0.2, -0.15) is 0 Å². The number of nitrogens with one attached hydrogen (secondary N) is 2. The van der Waals surface area contributed by atoms with E-state index in [1.165, 1.54) is 24.3 Å². The Balaban J connectivity index is 1.74. The summed E-state index contributed by atoms with van der Waals surface area (Å²) >= 11 is 0. The third-order valence-corrected chi connectivity index (χ3v) is 3.40. The molecule has 0 saturated heterocycles. The first kappa shape index (κ1) is 19.0. The van der Waals surface area contributed by atoms with Crippen LogP contribution < -0.4 is 10.6 Å². The van der Waals surface area contributed by atoms with E-state index in [0.29, 0.717) is 18.2 Å². The number of anilines is 1. The Morgan fingerprint density at radius 3 is 2.38 bits per heavy atom. The van der Waals surface area contributed by atoms with Gasteiger partial charge in [0.1, 0.15) is 11.6 Å². The number of nitrogens with zero attached hydrogens (tertiary/aromatic N) is 1. The molecule has 2 N–H and O–H groups in total. The molecule has 0 radical (unpaired) electrons. The number of carbonyl (C=O) groups is 2. The van der Waals surface area contributed by atoms with Gasteiger partial charge in [0.15, 0.2) is 0 Å². The Bertz CT molecular complexity index is 825. The van der Waals surface area contributed by atoms with Gasteiger partial charge in [-0.25, -0.2) is 8.78 Å². The molecule has 0 aromatic heterocycles. The lowest BCUT2D eigenvalue weighted by Crippen LogP contribution is -2.26. The molecule has 2 aromatic rings. The average molecular weight is 363 g/mol. The Morgan fingerprint density at radius 2 is 1.77 bits per heavy atom. The van der Waals surface area contributed by atoms with Gasteiger partial charge in [-0.05, 0) is 30.7 Å². The van der Waals surface area contributed by atoms with Crippen molar-refractivity contribution in [1.29, 1.82) is 0 Å². The van der Waals surface area contributed by atoms with Crippen molar-refractivity contribution < 1.29 is 23.3 Å². The Hall–Kier alpha value is -3.36. The molecule has 2 aromatic carbocycles. The van der Waals surface area contributed by atoms with Gasteiger partial charge in [-0.15, -0.1) is 0 Å². The lowest BCUT2D eigenvalue weighted by atomic mass is 10.2. The van der Waals surface area contributed by atoms with Crippen LogP contribution in [-0.4, -0.2) is 23.3 Å². The topological polar surface area (TPSA) is 101 Å². The van der Waals surface area contributed by atoms with Crippen LogP contribution in [0.5, 0.6) is 0 Å². The number of carbonyl (C=O) groups excluding carboxylic acids is 2. The molecule has 0 atom stereocenters. The fraction of sp³-hybridized carbons (Fsp3) is 0.176. The predicted molar refractivity (Wildman–Crippen MR) is 89.7 cm³/mol. The molecule has 0 bridgehead atoms. The number of amides is 2. The molecule has 2 amide bonds. The zero-order valence-electron chi connectivity index (χ0n) is 13.5. The molecule has 0 aliphatic rings. The maximum Gasteiger partial charge on any atom is 0.269 e. The number of nitro benzene ring substituents is 1. The van der Waals surface area contributed by atoms with Gasteiger partial charge in [0.2, 0.25) is 5.91 Å². The lowest BCUT2D eigenvalue weighted by molar-refractivity contribution is -0.384. The SMILES string of the molecule is O=C(CCCNC(=O)c1ccc(F)cc1F)Nc1ccc([N+](=O)[O-])cc1. The van der Waals surface area contributed by atoms with Gasteiger partial charge in [0.05, 0.1) is 10.5 Å². The number of non-ortho nitro benzene ring substituents is 1. The molecule has 0 fully saturated rings. The van der Waals surface area contributed by atoms with Crippen molar-refractivity contribution in [2.45, 2.75) is 12.8 Å². The van der Waals surface area contributed by atoms with E-state index in [2.05, 4.69) is 10.6 Å². The molecule has 136 valence electrons. The number of benzene rings is 2. The van der Waals surface area contributed by atoms with Crippen molar-refractivity contribution in [1.82, 2.24) is 5.32 Å². The van der Waals surface area contributed by atoms with E-state index in [0.717, 1.165) is 12.1 Å². The molecule has 0 saturated carbocycles. The Kier molecular flexibility index (Phi) is 6.31. The van der Waals surface area contributed by atoms with Gasteiger partial charge < -0.3 is 10.6 Å². The largest absolute Gasteiger partial charge is 0.352 e. The van der Waals surface area contributed by atoms with Crippen LogP contribution in [0.1, 0.15) is 23.2 Å². The molecular weight excluding hydrogens is 348 g/mol. The highest BCUT2D eigenvalue weighted by atomic mass is 19.1. The highest BCUT2D eigenvalue weighted by Crippen LogP contribution is 2.15. The normalized spacial score (nSPS) is 10.2. The van der Waals surface area contributed by atoms with Crippen LogP contribution in [0.4, 0.5) is 20.2 Å². The Labute approximate surface area is 147 Å². The fourth-order valence-electron chi connectivity index (χ4n) is 2.11. The Morgan fingerprint density at radius 1 is 1.08 bits per heavy atom. The second-order valence-corrected chi connectivity index (χ2v) is 5.34. The quantitative estimate of drug-likeness (QED) is 0.448. The third-order valence-electron chi connectivity index (χ3n) is 3.40. The number of hydrogen-bond acceptors (Lipinski definition) is 4. The highest BCUT2D eigenvalue weighted by molar-refractivity contribution is 5.94. The summed E-state index contributed by atoms with van der Waals surface area (Å²) in [6.07, 6.45) is 0.385. The zero-order valence-corrected chi connectivity index (χ0v) is 13.5. The molecule has 0 aliphatic carbocycles. The summed E-state index contributed by atoms with van der Waals surface area (Å²) in [6, 6.07) is 8.01. The van der Waals surface area contributed by atoms with Gasteiger partial charge >= 0.3 is 0 Å². The summed E-state index contributed by atoms with van der Waals surface area (Å²) in [5.41, 5.74) is 0.0542. The molecule has 7 nitrogen and oxygen atoms in total. The summed E-state index contributed by atoms with van der Waals surface area (Å²) in [5.74, 6) is -2.76. The molecule has 0 spiro atoms. The van der Waals surface area contributed by atoms with Crippen LogP contribution in [0.2, 0.25) is 0 Å². The van der Waals surface area contributed by atoms with E-state index in [9.17, 15) is 28.5 Å². The van der Waals surface area contributed by atoms with Crippen molar-refractivity contribution in [2.75, 3.05) is 11.9 Å². The zero-order chi connectivity index (χ0) is 19.1. The van der Waals surface area contributed by atoms with Crippen molar-refractivity contribution in [2.24, 2.45) is 0 Å². The smallest absolute Gasteiger partial charge is 0.269 e. The van der Waals surface area contributed by atoms with Crippen molar-refractivity contribution in [3.8, 4) is 0 Å². The van der Waals surface area contributed by atoms with Gasteiger partial charge in [0, 0.05) is 36.9 Å². The van der Waals surface area contributed by atoms with Crippen LogP contribution in [0, 0.1) is 21.7 Å². The van der Waals surface area contributed by atoms with E-state index < -0.39 is 22.5 Å². The number of hydrogen-bond donors (Lipinski definition) is 2. The summed E-state index contributed by atoms with van der Waals surface area (Å²) < 4.78 is 26.2. The van der Waals surface area contributed by atoms with E-state index >= 15 is 0 Å². The second kappa shape index (κ2) is 8.65. The molecule has 0 heterocycles. The summed E-state index contributed by atoms with van der Waals surface area (Å²) in [4.78, 5) is 33.6. The minimum Gasteiger partial charge on any atom is -0.352 e. The summed E-state index contributed by atoms with van der Waals surface area (Å²) in [5, 5.41) is 15.6. The number of nitro groups is 1. The second-order valence-electron chi connectivity index (χ2n) is 5.34. The van der Waals surface area contributed by atoms with Crippen molar-refractivity contribution in [3.63, 3.8) is 0 Å². The molecular formula is C17H15F2N3O4. The number of rotatable bonds is 7. The molecule has 9 heteroatoms. The predicted octanol–water partition coefficient (Wildman–Crippen LogP) is 3.02. The minimum absolute atomic E-state index is 0.0845. The molecule has 2 rings (SSSR count). The van der Waals surface area contributed by atoms with Crippen LogP contribution in [0.15, 0.2) is 42.5 Å². The van der Waals surface area contributed by atoms with Gasteiger partial charge in [0.25, 0.3) is 11.6 Å². The summed E-state index contributed by atoms with van der Waals surface area (Å²) in [6.45, 7) is 0.128. The summed E-state index contributed by atoms with van der Waals surface area (Å²) in [7, 11) is 0. The van der Waals surface area contributed by atoms with E-state index in [1.54, 1.807) is 0 Å². The van der Waals surface area contributed by atoms with Gasteiger partial charge in [-0.1, -0.05) is 0 Å². The molecule has 0 unspecified atom stereocenters. The van der Waals surface area contributed by atoms with Crippen LogP contribution in [0.25, 0.3) is 0 Å². The minimum atomic E-state index is -0.960. The lowest BCUT2D eigenvalue weighted by Gasteiger charge is -2.07. The maximum absolute atomic E-state index is 13.5. The van der Waals surface area contributed by atoms with E-state index in [-0.39, 0.29) is 30.1 Å². The van der Waals surface area contributed by atoms with Gasteiger partial charge in [-0.3, -0.25) is 19.7 Å². The fourth-order valence-corrected chi connectivity index (χ4v) is 2.11. The van der Waals surface area contributed by atoms with Crippen LogP contribution in [0.3, 0.4) is 0 Å². The molecule has 26 heavy (non-hydrogen) atoms. The highest BCUT2D eigenvalue weighted by Gasteiger charge is 2.12. The van der Waals surface area contributed by atoms with Crippen molar-refractivity contribution in [3.05, 3.63) is 69.8 Å². The first-order valence-electron chi connectivity index (χ1n) is 7.64. The first-order valence-corrected chi connectivity index (χ1v) is 7.64. The van der Waals surface area contributed by atoms with E-state index in [1.807, 2.05) is 0 Å². The average Bonchev–Trinajstić information content (AvgIpc) is 2.59. The van der Waals surface area contributed by atoms with Crippen molar-refractivity contribution >= 4 is 23.2 Å². The monoisotopic (exact) mass is 363 g/mol.